The molecular formula is C4H5NO2. The van der Waals surface area contributed by atoms with Crippen molar-refractivity contribution in [1.82, 2.24) is 5.32 Å². The molecule has 0 aliphatic carbocycles. The summed E-state index contributed by atoms with van der Waals surface area (Å²) in [6, 6.07) is 0. The van der Waals surface area contributed by atoms with Crippen LogP contribution in [-0.2, 0) is 9.59 Å². The van der Waals surface area contributed by atoms with E-state index in [0.29, 0.717) is 12.7 Å². The Bertz CT molecular complexity index is 87.7. The summed E-state index contributed by atoms with van der Waals surface area (Å²) < 4.78 is 0. The zero-order chi connectivity index (χ0) is 5.54. The average Bonchev–Trinajstić information content (AvgIpc) is 1.69. The maximum Gasteiger partial charge on any atom is 0.211 e. The summed E-state index contributed by atoms with van der Waals surface area (Å²) in [7, 11) is 0. The van der Waals surface area contributed by atoms with Crippen LogP contribution in [0.25, 0.3) is 0 Å². The Kier molecular flexibility index (Phi) is 4.10. The molecule has 0 aliphatic rings. The van der Waals surface area contributed by atoms with E-state index in [2.05, 4.69) is 5.32 Å². The summed E-state index contributed by atoms with van der Waals surface area (Å²) in [5, 5.41) is 2.16. The van der Waals surface area contributed by atoms with Crippen molar-refractivity contribution < 1.29 is 9.59 Å². The zero-order valence-electron chi connectivity index (χ0n) is 3.63. The first-order valence-electron chi connectivity index (χ1n) is 1.72. The number of hydrogen-bond donors (Lipinski definition) is 1. The van der Waals surface area contributed by atoms with Gasteiger partial charge in [0, 0.05) is 6.20 Å². The number of aldehydes is 1. The van der Waals surface area contributed by atoms with Crippen molar-refractivity contribution in [1.29, 1.82) is 0 Å². The van der Waals surface area contributed by atoms with Crippen LogP contribution in [0.4, 0.5) is 0 Å². The molecule has 1 N–H and O–H groups in total. The highest BCUT2D eigenvalue weighted by Crippen LogP contribution is 1.52. The summed E-state index contributed by atoms with van der Waals surface area (Å²) in [6.07, 6.45) is 3.50. The molecule has 0 saturated carbocycles. The molecule has 0 spiro atoms. The van der Waals surface area contributed by atoms with Gasteiger partial charge in [0.15, 0.2) is 0 Å². The lowest BCUT2D eigenvalue weighted by molar-refractivity contribution is -0.108. The standard InChI is InChI=1S/C4H5NO2/c6-3-1-2-5-4-7/h1-4H,(H,5,7). The van der Waals surface area contributed by atoms with Gasteiger partial charge in [-0.3, -0.25) is 9.59 Å². The van der Waals surface area contributed by atoms with Gasteiger partial charge < -0.3 is 5.32 Å². The molecule has 3 heteroatoms. The largest absolute Gasteiger partial charge is 0.335 e. The molecule has 38 valence electrons. The molecule has 0 heterocycles. The predicted molar refractivity (Wildman–Crippen MR) is 24.4 cm³/mol. The van der Waals surface area contributed by atoms with Crippen molar-refractivity contribution >= 4 is 12.7 Å². The SMILES string of the molecule is O=CC=CNC=O. The van der Waals surface area contributed by atoms with Crippen molar-refractivity contribution in [2.75, 3.05) is 0 Å². The summed E-state index contributed by atoms with van der Waals surface area (Å²) in [6.45, 7) is 0. The molecule has 1 amide bonds. The average molecular weight is 99.1 g/mol. The number of nitrogens with one attached hydrogen (secondary N) is 1. The van der Waals surface area contributed by atoms with Gasteiger partial charge in [0.2, 0.25) is 6.41 Å². The summed E-state index contributed by atoms with van der Waals surface area (Å²) >= 11 is 0. The third kappa shape index (κ3) is 4.88. The third-order valence-electron chi connectivity index (χ3n) is 0.339. The fourth-order valence-corrected chi connectivity index (χ4v) is 0.134. The predicted octanol–water partition coefficient (Wildman–Crippen LogP) is -0.555. The van der Waals surface area contributed by atoms with Crippen LogP contribution in [0, 0.1) is 0 Å². The van der Waals surface area contributed by atoms with E-state index in [4.69, 9.17) is 0 Å². The summed E-state index contributed by atoms with van der Waals surface area (Å²) in [5.74, 6) is 0. The molecule has 0 bridgehead atoms. The number of hydrogen-bond acceptors (Lipinski definition) is 2. The molecule has 0 atom stereocenters. The van der Waals surface area contributed by atoms with Crippen molar-refractivity contribution in [2.45, 2.75) is 0 Å². The monoisotopic (exact) mass is 99.0 g/mol. The second-order valence-corrected chi connectivity index (χ2v) is 0.780. The van der Waals surface area contributed by atoms with Gasteiger partial charge in [-0.05, 0) is 6.08 Å². The molecule has 3 nitrogen and oxygen atoms in total. The van der Waals surface area contributed by atoms with Crippen molar-refractivity contribution in [3.05, 3.63) is 12.3 Å². The normalized spacial score (nSPS) is 8.57. The van der Waals surface area contributed by atoms with Crippen LogP contribution in [0.1, 0.15) is 0 Å². The number of carbonyl (C=O) groups excluding carboxylic acids is 2. The lowest BCUT2D eigenvalue weighted by Crippen LogP contribution is -1.97. The second kappa shape index (κ2) is 4.88. The Morgan fingerprint density at radius 1 is 1.29 bits per heavy atom. The number of carbonyl (C=O) groups is 2. The summed E-state index contributed by atoms with van der Waals surface area (Å²) in [5.41, 5.74) is 0. The quantitative estimate of drug-likeness (QED) is 0.381. The number of amides is 1. The maximum absolute atomic E-state index is 9.44. The van der Waals surface area contributed by atoms with Gasteiger partial charge in [0.05, 0.1) is 0 Å². The molecule has 0 aliphatic heterocycles. The van der Waals surface area contributed by atoms with Crippen molar-refractivity contribution in [3.8, 4) is 0 Å². The van der Waals surface area contributed by atoms with Crippen LogP contribution in [0.5, 0.6) is 0 Å². The van der Waals surface area contributed by atoms with Gasteiger partial charge in [-0.1, -0.05) is 0 Å². The third-order valence-corrected chi connectivity index (χ3v) is 0.339. The molecule has 0 rings (SSSR count). The Labute approximate surface area is 41.0 Å². The molecule has 7 heavy (non-hydrogen) atoms. The van der Waals surface area contributed by atoms with E-state index in [9.17, 15) is 9.59 Å². The Balaban J connectivity index is 3.08. The minimum absolute atomic E-state index is 0.486. The van der Waals surface area contributed by atoms with Crippen molar-refractivity contribution in [2.24, 2.45) is 0 Å². The smallest absolute Gasteiger partial charge is 0.211 e. The van der Waals surface area contributed by atoms with Crippen LogP contribution in [0.2, 0.25) is 0 Å². The molecule has 0 saturated heterocycles. The Hall–Kier alpha value is -1.12. The Morgan fingerprint density at radius 3 is 2.43 bits per heavy atom. The van der Waals surface area contributed by atoms with Gasteiger partial charge in [0.1, 0.15) is 6.29 Å². The topological polar surface area (TPSA) is 46.2 Å². The highest BCUT2D eigenvalue weighted by molar-refractivity contribution is 5.65. The van der Waals surface area contributed by atoms with Gasteiger partial charge in [-0.15, -0.1) is 0 Å². The van der Waals surface area contributed by atoms with Gasteiger partial charge in [0.25, 0.3) is 0 Å². The molecule has 0 radical (unpaired) electrons. The molecule has 0 aromatic carbocycles. The van der Waals surface area contributed by atoms with Gasteiger partial charge in [-0.25, -0.2) is 0 Å². The fraction of sp³-hybridized carbons (Fsp3) is 0. The lowest BCUT2D eigenvalue weighted by Gasteiger charge is -1.74. The van der Waals surface area contributed by atoms with Crippen LogP contribution >= 0.6 is 0 Å². The van der Waals surface area contributed by atoms with E-state index in [0.717, 1.165) is 0 Å². The molecular weight excluding hydrogens is 94.0 g/mol. The minimum Gasteiger partial charge on any atom is -0.335 e. The lowest BCUT2D eigenvalue weighted by atomic mass is 10.7. The van der Waals surface area contributed by atoms with E-state index in [1.807, 2.05) is 0 Å². The van der Waals surface area contributed by atoms with Gasteiger partial charge in [-0.2, -0.15) is 0 Å². The first-order valence-corrected chi connectivity index (χ1v) is 1.72. The first kappa shape index (κ1) is 5.88. The second-order valence-electron chi connectivity index (χ2n) is 0.780. The maximum atomic E-state index is 9.44. The van der Waals surface area contributed by atoms with E-state index in [-0.39, 0.29) is 0 Å². The van der Waals surface area contributed by atoms with Crippen LogP contribution < -0.4 is 5.32 Å². The highest BCUT2D eigenvalue weighted by Gasteiger charge is 1.61. The molecule has 0 fully saturated rings. The van der Waals surface area contributed by atoms with E-state index >= 15 is 0 Å². The zero-order valence-corrected chi connectivity index (χ0v) is 3.63. The van der Waals surface area contributed by atoms with E-state index < -0.39 is 0 Å². The minimum atomic E-state index is 0.486. The molecule has 0 aromatic heterocycles. The van der Waals surface area contributed by atoms with E-state index in [1.54, 1.807) is 0 Å². The number of allylic oxidation sites excluding steroid dienone is 1. The first-order chi connectivity index (χ1) is 3.41. The van der Waals surface area contributed by atoms with Crippen LogP contribution in [-0.4, -0.2) is 12.7 Å². The highest BCUT2D eigenvalue weighted by atomic mass is 16.1. The van der Waals surface area contributed by atoms with Crippen molar-refractivity contribution in [3.63, 3.8) is 0 Å². The number of rotatable bonds is 3. The molecule has 0 unspecified atom stereocenters. The molecule has 0 aromatic rings. The van der Waals surface area contributed by atoms with Crippen LogP contribution in [0.3, 0.4) is 0 Å². The van der Waals surface area contributed by atoms with Gasteiger partial charge >= 0.3 is 0 Å². The van der Waals surface area contributed by atoms with Crippen LogP contribution in [0.15, 0.2) is 12.3 Å². The Morgan fingerprint density at radius 2 is 2.00 bits per heavy atom. The summed E-state index contributed by atoms with van der Waals surface area (Å²) in [4.78, 5) is 18.8. The van der Waals surface area contributed by atoms with E-state index in [1.165, 1.54) is 12.3 Å². The fourth-order valence-electron chi connectivity index (χ4n) is 0.134.